The van der Waals surface area contributed by atoms with Crippen LogP contribution in [0, 0.1) is 0 Å². The van der Waals surface area contributed by atoms with Crippen LogP contribution >= 0.6 is 0 Å². The zero-order valence-corrected chi connectivity index (χ0v) is 18.8. The number of likely N-dealkylation sites (tertiary alicyclic amines) is 1. The first-order valence-electron chi connectivity index (χ1n) is 11.5. The lowest BCUT2D eigenvalue weighted by molar-refractivity contribution is -0.129. The molecular weight excluding hydrogens is 400 g/mol. The molecule has 0 unspecified atom stereocenters. The molecule has 5 rings (SSSR count). The van der Waals surface area contributed by atoms with Crippen LogP contribution in [-0.4, -0.2) is 50.8 Å². The van der Waals surface area contributed by atoms with Crippen molar-refractivity contribution in [2.24, 2.45) is 0 Å². The highest BCUT2D eigenvalue weighted by Crippen LogP contribution is 2.33. The number of nitrogens with zero attached hydrogens (tertiary/aromatic N) is 5. The lowest BCUT2D eigenvalue weighted by Crippen LogP contribution is -2.37. The van der Waals surface area contributed by atoms with Crippen LogP contribution in [0.1, 0.15) is 54.9 Å². The van der Waals surface area contributed by atoms with Crippen LogP contribution < -0.4 is 5.32 Å². The molecule has 32 heavy (non-hydrogen) atoms. The van der Waals surface area contributed by atoms with E-state index in [1.54, 1.807) is 6.92 Å². The van der Waals surface area contributed by atoms with E-state index in [0.29, 0.717) is 6.54 Å². The van der Waals surface area contributed by atoms with Crippen LogP contribution in [0.15, 0.2) is 36.5 Å². The summed E-state index contributed by atoms with van der Waals surface area (Å²) in [5.41, 5.74) is 4.45. The molecule has 0 radical (unpaired) electrons. The number of hydrogen-bond donors (Lipinski definition) is 1. The van der Waals surface area contributed by atoms with E-state index >= 15 is 0 Å². The Bertz CT molecular complexity index is 1150. The van der Waals surface area contributed by atoms with Crippen LogP contribution in [0.2, 0.25) is 0 Å². The number of benzene rings is 1. The SMILES string of the molecule is CNc1nc([C@@H]2CCCCN2Cc2ccc3ncccc3c2)nc2c1CCN(C(C)=O)C2. The molecule has 4 heterocycles. The number of carbonyl (C=O) groups excluding carboxylic acids is 1. The standard InChI is InChI=1S/C25H30N6O/c1-17(32)30-13-10-20-22(16-30)28-25(29-24(20)26-2)23-7-3-4-12-31(23)15-18-8-9-21-19(14-18)6-5-11-27-21/h5-6,8-9,11,14,23H,3-4,7,10,12-13,15-16H2,1-2H3,(H,26,28,29)/t23-/m0/s1. The summed E-state index contributed by atoms with van der Waals surface area (Å²) in [6.45, 7) is 4.83. The van der Waals surface area contributed by atoms with Crippen molar-refractivity contribution in [1.82, 2.24) is 24.8 Å². The second-order valence-corrected chi connectivity index (χ2v) is 8.81. The quantitative estimate of drug-likeness (QED) is 0.680. The fraction of sp³-hybridized carbons (Fsp3) is 0.440. The van der Waals surface area contributed by atoms with Gasteiger partial charge in [-0.2, -0.15) is 0 Å². The summed E-state index contributed by atoms with van der Waals surface area (Å²) < 4.78 is 0. The molecule has 1 N–H and O–H groups in total. The second-order valence-electron chi connectivity index (χ2n) is 8.81. The summed E-state index contributed by atoms with van der Waals surface area (Å²) in [4.78, 5) is 30.8. The number of aromatic nitrogens is 3. The normalized spacial score (nSPS) is 19.1. The molecular formula is C25H30N6O. The predicted molar refractivity (Wildman–Crippen MR) is 125 cm³/mol. The summed E-state index contributed by atoms with van der Waals surface area (Å²) in [5.74, 6) is 1.89. The van der Waals surface area contributed by atoms with Crippen molar-refractivity contribution in [3.8, 4) is 0 Å². The number of rotatable bonds is 4. The van der Waals surface area contributed by atoms with Gasteiger partial charge >= 0.3 is 0 Å². The molecule has 2 aliphatic rings. The van der Waals surface area contributed by atoms with E-state index in [1.165, 1.54) is 23.8 Å². The number of amides is 1. The summed E-state index contributed by atoms with van der Waals surface area (Å²) in [6, 6.07) is 10.8. The van der Waals surface area contributed by atoms with Crippen LogP contribution in [-0.2, 0) is 24.3 Å². The first-order chi connectivity index (χ1) is 15.6. The Labute approximate surface area is 188 Å². The van der Waals surface area contributed by atoms with Gasteiger partial charge in [-0.1, -0.05) is 18.6 Å². The highest BCUT2D eigenvalue weighted by Gasteiger charge is 2.30. The zero-order valence-electron chi connectivity index (χ0n) is 18.8. The number of piperidine rings is 1. The minimum atomic E-state index is 0.104. The maximum absolute atomic E-state index is 12.0. The van der Waals surface area contributed by atoms with Crippen molar-refractivity contribution in [1.29, 1.82) is 0 Å². The van der Waals surface area contributed by atoms with Crippen molar-refractivity contribution >= 4 is 22.6 Å². The number of pyridine rings is 1. The van der Waals surface area contributed by atoms with E-state index in [0.717, 1.165) is 60.9 Å². The summed E-state index contributed by atoms with van der Waals surface area (Å²) in [7, 11) is 1.92. The van der Waals surface area contributed by atoms with E-state index in [2.05, 4.69) is 39.5 Å². The van der Waals surface area contributed by atoms with Gasteiger partial charge in [-0.05, 0) is 49.6 Å². The monoisotopic (exact) mass is 430 g/mol. The van der Waals surface area contributed by atoms with Gasteiger partial charge in [0.2, 0.25) is 5.91 Å². The van der Waals surface area contributed by atoms with Gasteiger partial charge in [0.05, 0.1) is 23.8 Å². The van der Waals surface area contributed by atoms with E-state index in [1.807, 2.05) is 24.2 Å². The van der Waals surface area contributed by atoms with Crippen LogP contribution in [0.5, 0.6) is 0 Å². The minimum absolute atomic E-state index is 0.104. The van der Waals surface area contributed by atoms with Gasteiger partial charge in [0, 0.05) is 44.2 Å². The first-order valence-corrected chi connectivity index (χ1v) is 11.5. The van der Waals surface area contributed by atoms with E-state index < -0.39 is 0 Å². The van der Waals surface area contributed by atoms with Gasteiger partial charge in [0.1, 0.15) is 11.6 Å². The van der Waals surface area contributed by atoms with Crippen molar-refractivity contribution in [2.75, 3.05) is 25.5 Å². The topological polar surface area (TPSA) is 74.2 Å². The number of fused-ring (bicyclic) bond motifs is 2. The molecule has 0 saturated carbocycles. The minimum Gasteiger partial charge on any atom is -0.373 e. The molecule has 0 aliphatic carbocycles. The summed E-state index contributed by atoms with van der Waals surface area (Å²) in [5, 5.41) is 4.45. The third-order valence-electron chi connectivity index (χ3n) is 6.73. The molecule has 7 nitrogen and oxygen atoms in total. The van der Waals surface area contributed by atoms with Gasteiger partial charge in [0.15, 0.2) is 0 Å². The molecule has 1 saturated heterocycles. The van der Waals surface area contributed by atoms with Gasteiger partial charge in [-0.15, -0.1) is 0 Å². The van der Waals surface area contributed by atoms with Crippen LogP contribution in [0.4, 0.5) is 5.82 Å². The number of nitrogens with one attached hydrogen (secondary N) is 1. The Morgan fingerprint density at radius 2 is 2.09 bits per heavy atom. The van der Waals surface area contributed by atoms with Crippen molar-refractivity contribution in [3.63, 3.8) is 0 Å². The Morgan fingerprint density at radius 3 is 2.94 bits per heavy atom. The molecule has 2 aromatic heterocycles. The zero-order chi connectivity index (χ0) is 22.1. The number of anilines is 1. The smallest absolute Gasteiger partial charge is 0.219 e. The highest BCUT2D eigenvalue weighted by molar-refractivity contribution is 5.78. The molecule has 7 heteroatoms. The Kier molecular flexibility index (Phi) is 5.74. The third-order valence-corrected chi connectivity index (χ3v) is 6.73. The van der Waals surface area contributed by atoms with Gasteiger partial charge in [-0.25, -0.2) is 9.97 Å². The lowest BCUT2D eigenvalue weighted by Gasteiger charge is -2.36. The molecule has 1 aromatic carbocycles. The fourth-order valence-electron chi connectivity index (χ4n) is 5.00. The van der Waals surface area contributed by atoms with Gasteiger partial charge in [-0.3, -0.25) is 14.7 Å². The maximum Gasteiger partial charge on any atom is 0.219 e. The molecule has 1 fully saturated rings. The molecule has 1 atom stereocenters. The average molecular weight is 431 g/mol. The summed E-state index contributed by atoms with van der Waals surface area (Å²) in [6.07, 6.45) is 6.05. The van der Waals surface area contributed by atoms with E-state index in [9.17, 15) is 4.79 Å². The van der Waals surface area contributed by atoms with Gasteiger partial charge < -0.3 is 10.2 Å². The maximum atomic E-state index is 12.0. The first kappa shape index (κ1) is 20.8. The summed E-state index contributed by atoms with van der Waals surface area (Å²) >= 11 is 0. The van der Waals surface area contributed by atoms with E-state index in [4.69, 9.17) is 9.97 Å². The largest absolute Gasteiger partial charge is 0.373 e. The molecule has 0 spiro atoms. The molecule has 1 amide bonds. The van der Waals surface area contributed by atoms with Crippen molar-refractivity contribution in [2.45, 2.75) is 51.7 Å². The van der Waals surface area contributed by atoms with Crippen LogP contribution in [0.25, 0.3) is 10.9 Å². The second kappa shape index (κ2) is 8.82. The average Bonchev–Trinajstić information content (AvgIpc) is 2.83. The van der Waals surface area contributed by atoms with Crippen LogP contribution in [0.3, 0.4) is 0 Å². The highest BCUT2D eigenvalue weighted by atomic mass is 16.2. The molecule has 166 valence electrons. The third kappa shape index (κ3) is 4.05. The Hall–Kier alpha value is -3.06. The molecule has 2 aliphatic heterocycles. The van der Waals surface area contributed by atoms with Crippen molar-refractivity contribution < 1.29 is 4.79 Å². The van der Waals surface area contributed by atoms with Crippen molar-refractivity contribution in [3.05, 3.63) is 59.2 Å². The molecule has 0 bridgehead atoms. The van der Waals surface area contributed by atoms with E-state index in [-0.39, 0.29) is 11.9 Å². The Balaban J connectivity index is 1.45. The number of carbonyl (C=O) groups is 1. The van der Waals surface area contributed by atoms with Gasteiger partial charge in [0.25, 0.3) is 0 Å². The fourth-order valence-corrected chi connectivity index (χ4v) is 5.00. The Morgan fingerprint density at radius 1 is 1.19 bits per heavy atom. The number of hydrogen-bond acceptors (Lipinski definition) is 6. The lowest BCUT2D eigenvalue weighted by atomic mass is 9.99. The predicted octanol–water partition coefficient (Wildman–Crippen LogP) is 3.70. The molecule has 3 aromatic rings.